The van der Waals surface area contributed by atoms with E-state index in [2.05, 4.69) is 0 Å². The summed E-state index contributed by atoms with van der Waals surface area (Å²) in [6, 6.07) is 22.8. The van der Waals surface area contributed by atoms with Crippen LogP contribution in [-0.2, 0) is 24.7 Å². The molecule has 12 nitrogen and oxygen atoms in total. The van der Waals surface area contributed by atoms with E-state index in [-0.39, 0.29) is 49.6 Å². The van der Waals surface area contributed by atoms with Crippen LogP contribution in [-0.4, -0.2) is 36.7 Å². The van der Waals surface area contributed by atoms with Gasteiger partial charge in [-0.3, -0.25) is 19.7 Å². The van der Waals surface area contributed by atoms with E-state index < -0.39 is 27.5 Å². The Morgan fingerprint density at radius 1 is 0.962 bits per heavy atom. The van der Waals surface area contributed by atoms with Crippen LogP contribution in [0.15, 0.2) is 88.1 Å². The number of esters is 2. The first-order valence-corrected chi connectivity index (χ1v) is 17.6. The zero-order valence-electron chi connectivity index (χ0n) is 29.7. The van der Waals surface area contributed by atoms with Gasteiger partial charge in [0, 0.05) is 47.6 Å². The number of non-ortho nitro benzene ring substituents is 1. The van der Waals surface area contributed by atoms with E-state index in [1.807, 2.05) is 51.1 Å². The predicted molar refractivity (Wildman–Crippen MR) is 197 cm³/mol. The molecule has 1 fully saturated rings. The molecule has 53 heavy (non-hydrogen) atoms. The molecule has 1 saturated heterocycles. The number of nitrogen functional groups attached to an aromatic ring is 1. The summed E-state index contributed by atoms with van der Waals surface area (Å²) in [6.07, 6.45) is 1.68. The third-order valence-electron chi connectivity index (χ3n) is 10.9. The van der Waals surface area contributed by atoms with Gasteiger partial charge in [-0.1, -0.05) is 44.2 Å². The third kappa shape index (κ3) is 6.54. The van der Waals surface area contributed by atoms with Gasteiger partial charge >= 0.3 is 17.6 Å². The summed E-state index contributed by atoms with van der Waals surface area (Å²) in [5, 5.41) is 13.9. The van der Waals surface area contributed by atoms with Crippen molar-refractivity contribution in [3.63, 3.8) is 0 Å². The maximum Gasteiger partial charge on any atom is 0.343 e. The number of nitrogens with zero attached hydrogens (tertiary/aromatic N) is 1. The molecule has 1 aromatic heterocycles. The van der Waals surface area contributed by atoms with Crippen molar-refractivity contribution in [2.75, 3.05) is 25.6 Å². The lowest BCUT2D eigenvalue weighted by Crippen LogP contribution is -2.52. The van der Waals surface area contributed by atoms with Crippen LogP contribution < -0.4 is 20.8 Å². The van der Waals surface area contributed by atoms with Crippen molar-refractivity contribution >= 4 is 45.1 Å². The highest BCUT2D eigenvalue weighted by Crippen LogP contribution is 2.61. The Hall–Kier alpha value is -5.91. The SMILES string of the molecule is CC1(c2cccc3ccc([N+](=O)[O-])cc23)Oc2c(c(=O)oc3ccccc23)[C@@H](c2cc(OCCOC(=O)CC3CCOC(=O)CC3)ccc2N)C1(C)C. The second kappa shape index (κ2) is 13.9. The molecule has 4 aromatic carbocycles. The fourth-order valence-electron chi connectivity index (χ4n) is 7.79. The average molecular weight is 721 g/mol. The monoisotopic (exact) mass is 720 g/mol. The smallest absolute Gasteiger partial charge is 0.343 e. The maximum atomic E-state index is 14.0. The molecule has 3 atom stereocenters. The molecule has 3 heterocycles. The normalized spacial score (nSPS) is 20.8. The minimum atomic E-state index is -1.18. The van der Waals surface area contributed by atoms with Crippen LogP contribution in [0.1, 0.15) is 69.1 Å². The highest BCUT2D eigenvalue weighted by molar-refractivity contribution is 5.90. The zero-order chi connectivity index (χ0) is 37.5. The number of para-hydroxylation sites is 1. The Bertz CT molecular complexity index is 2310. The first-order chi connectivity index (χ1) is 25.4. The predicted octanol–water partition coefficient (Wildman–Crippen LogP) is 7.56. The van der Waals surface area contributed by atoms with Gasteiger partial charge < -0.3 is 29.1 Å². The van der Waals surface area contributed by atoms with E-state index in [1.54, 1.807) is 42.5 Å². The average Bonchev–Trinajstić information content (AvgIpc) is 3.34. The summed E-state index contributed by atoms with van der Waals surface area (Å²) in [7, 11) is 0. The number of carbonyl (C=O) groups is 2. The molecular weight excluding hydrogens is 680 g/mol. The minimum Gasteiger partial charge on any atom is -0.490 e. The van der Waals surface area contributed by atoms with E-state index in [4.69, 9.17) is 29.1 Å². The summed E-state index contributed by atoms with van der Waals surface area (Å²) in [5.41, 5.74) is 6.34. The van der Waals surface area contributed by atoms with Crippen molar-refractivity contribution < 1.29 is 37.9 Å². The lowest BCUT2D eigenvalue weighted by Gasteiger charge is -2.53. The number of hydrogen-bond donors (Lipinski definition) is 1. The Morgan fingerprint density at radius 2 is 1.77 bits per heavy atom. The van der Waals surface area contributed by atoms with Gasteiger partial charge in [0.05, 0.1) is 22.5 Å². The summed E-state index contributed by atoms with van der Waals surface area (Å²) >= 11 is 0. The molecule has 5 aromatic rings. The first-order valence-electron chi connectivity index (χ1n) is 17.6. The molecule has 0 spiro atoms. The second-order valence-corrected chi connectivity index (χ2v) is 14.4. The largest absolute Gasteiger partial charge is 0.490 e. The number of ether oxygens (including phenoxy) is 4. The number of anilines is 1. The number of rotatable bonds is 9. The van der Waals surface area contributed by atoms with E-state index >= 15 is 0 Å². The van der Waals surface area contributed by atoms with Crippen LogP contribution >= 0.6 is 0 Å². The Morgan fingerprint density at radius 3 is 2.58 bits per heavy atom. The lowest BCUT2D eigenvalue weighted by atomic mass is 9.58. The number of hydrogen-bond acceptors (Lipinski definition) is 11. The van der Waals surface area contributed by atoms with Crippen molar-refractivity contribution in [3.8, 4) is 11.5 Å². The fourth-order valence-corrected chi connectivity index (χ4v) is 7.79. The first kappa shape index (κ1) is 35.5. The van der Waals surface area contributed by atoms with E-state index in [0.29, 0.717) is 69.7 Å². The van der Waals surface area contributed by atoms with E-state index in [0.717, 1.165) is 5.39 Å². The van der Waals surface area contributed by atoms with Gasteiger partial charge in [-0.2, -0.15) is 0 Å². The minimum absolute atomic E-state index is 0.00710. The van der Waals surface area contributed by atoms with Gasteiger partial charge in [0.15, 0.2) is 0 Å². The molecular formula is C41H40N2O10. The maximum absolute atomic E-state index is 14.0. The van der Waals surface area contributed by atoms with Crippen LogP contribution in [0.5, 0.6) is 11.5 Å². The van der Waals surface area contributed by atoms with Crippen molar-refractivity contribution in [2.24, 2.45) is 11.3 Å². The summed E-state index contributed by atoms with van der Waals surface area (Å²) < 4.78 is 29.5. The standard InChI is InChI=1S/C41H40N2O10/c1-40(2)37(30-23-27(14-15-32(30)42)49-19-20-51-35(45)21-24-11-16-34(44)50-18-17-24)36-38(28-8-4-5-10-33(28)52-39(36)46)53-41(40,3)31-9-6-7-25-12-13-26(43(47)48)22-29(25)31/h4-10,12-15,22-24,37H,11,16-21,42H2,1-3H3/t24?,37-,41?/m1/s1. The number of nitro benzene ring substituents is 1. The summed E-state index contributed by atoms with van der Waals surface area (Å²) in [6.45, 7) is 6.27. The van der Waals surface area contributed by atoms with Crippen LogP contribution in [0.4, 0.5) is 11.4 Å². The molecule has 0 amide bonds. The molecule has 2 N–H and O–H groups in total. The molecule has 7 rings (SSSR count). The highest BCUT2D eigenvalue weighted by atomic mass is 16.6. The topological polar surface area (TPSA) is 170 Å². The number of cyclic esters (lactones) is 1. The van der Waals surface area contributed by atoms with Crippen LogP contribution in [0.2, 0.25) is 0 Å². The molecule has 2 aliphatic rings. The van der Waals surface area contributed by atoms with Crippen LogP contribution in [0.3, 0.4) is 0 Å². The van der Waals surface area contributed by atoms with Crippen molar-refractivity contribution in [1.29, 1.82) is 0 Å². The lowest BCUT2D eigenvalue weighted by molar-refractivity contribution is -0.384. The third-order valence-corrected chi connectivity index (χ3v) is 10.9. The van der Waals surface area contributed by atoms with Gasteiger partial charge in [0.2, 0.25) is 0 Å². The van der Waals surface area contributed by atoms with E-state index in [1.165, 1.54) is 6.07 Å². The van der Waals surface area contributed by atoms with Crippen molar-refractivity contribution in [3.05, 3.63) is 116 Å². The molecule has 0 bridgehead atoms. The zero-order valence-corrected chi connectivity index (χ0v) is 29.7. The Kier molecular flexibility index (Phi) is 9.31. The number of nitro groups is 1. The van der Waals surface area contributed by atoms with E-state index in [9.17, 15) is 24.5 Å². The number of fused-ring (bicyclic) bond motifs is 4. The number of nitrogens with two attached hydrogens (primary N) is 1. The van der Waals surface area contributed by atoms with Gasteiger partial charge in [-0.05, 0) is 78.4 Å². The van der Waals surface area contributed by atoms with Gasteiger partial charge in [0.25, 0.3) is 5.69 Å². The summed E-state index contributed by atoms with van der Waals surface area (Å²) in [5.74, 6) is -0.519. The van der Waals surface area contributed by atoms with Gasteiger partial charge in [-0.15, -0.1) is 0 Å². The Labute approximate surface area is 304 Å². The summed E-state index contributed by atoms with van der Waals surface area (Å²) in [4.78, 5) is 49.6. The molecule has 274 valence electrons. The van der Waals surface area contributed by atoms with Crippen LogP contribution in [0.25, 0.3) is 21.7 Å². The van der Waals surface area contributed by atoms with Crippen LogP contribution in [0, 0.1) is 21.4 Å². The Balaban J connectivity index is 1.25. The molecule has 12 heteroatoms. The number of benzene rings is 4. The van der Waals surface area contributed by atoms with Crippen molar-refractivity contribution in [2.45, 2.75) is 58.0 Å². The highest BCUT2D eigenvalue weighted by Gasteiger charge is 2.57. The molecule has 0 saturated carbocycles. The molecule has 0 aliphatic carbocycles. The number of carbonyl (C=O) groups excluding carboxylic acids is 2. The van der Waals surface area contributed by atoms with Gasteiger partial charge in [0.1, 0.15) is 35.9 Å². The fraction of sp³-hybridized carbons (Fsp3) is 0.341. The molecule has 0 radical (unpaired) electrons. The second-order valence-electron chi connectivity index (χ2n) is 14.4. The van der Waals surface area contributed by atoms with Gasteiger partial charge in [-0.25, -0.2) is 4.79 Å². The molecule has 2 unspecified atom stereocenters. The molecule has 2 aliphatic heterocycles. The van der Waals surface area contributed by atoms with Crippen molar-refractivity contribution in [1.82, 2.24) is 0 Å². The quantitative estimate of drug-likeness (QED) is 0.0398.